The number of amides is 2. The van der Waals surface area contributed by atoms with Crippen LogP contribution in [0, 0.1) is 11.7 Å². The van der Waals surface area contributed by atoms with E-state index in [0.717, 1.165) is 12.1 Å². The van der Waals surface area contributed by atoms with E-state index in [9.17, 15) is 22.8 Å². The molecule has 4 heterocycles. The third-order valence-electron chi connectivity index (χ3n) is 5.93. The second kappa shape index (κ2) is 7.36. The molecule has 5 rings (SSSR count). The second-order valence-corrected chi connectivity index (χ2v) is 7.90. The van der Waals surface area contributed by atoms with Crippen molar-refractivity contribution < 1.29 is 22.8 Å². The van der Waals surface area contributed by atoms with E-state index in [1.54, 1.807) is 11.0 Å². The van der Waals surface area contributed by atoms with E-state index >= 15 is 0 Å². The molecule has 31 heavy (non-hydrogen) atoms. The molecule has 1 aromatic carbocycles. The number of fused-ring (bicyclic) bond motifs is 2. The molecule has 2 atom stereocenters. The minimum Gasteiger partial charge on any atom is -0.351 e. The van der Waals surface area contributed by atoms with Gasteiger partial charge in [-0.1, -0.05) is 6.07 Å². The Kier molecular flexibility index (Phi) is 4.64. The molecule has 0 radical (unpaired) electrons. The highest BCUT2D eigenvalue weighted by Gasteiger charge is 2.41. The highest BCUT2D eigenvalue weighted by Crippen LogP contribution is 2.29. The van der Waals surface area contributed by atoms with E-state index in [2.05, 4.69) is 15.4 Å². The zero-order valence-electron chi connectivity index (χ0n) is 16.3. The molecule has 3 aromatic rings. The number of likely N-dealkylation sites (tertiary alicyclic amines) is 1. The number of halogens is 3. The molecule has 2 aliphatic rings. The van der Waals surface area contributed by atoms with Crippen LogP contribution in [0.4, 0.5) is 13.2 Å². The molecule has 2 amide bonds. The molecule has 7 nitrogen and oxygen atoms in total. The van der Waals surface area contributed by atoms with Gasteiger partial charge in [0.25, 0.3) is 6.43 Å². The van der Waals surface area contributed by atoms with Crippen molar-refractivity contribution in [1.29, 1.82) is 0 Å². The highest BCUT2D eigenvalue weighted by molar-refractivity contribution is 5.84. The molecule has 160 valence electrons. The van der Waals surface area contributed by atoms with Gasteiger partial charge in [-0.2, -0.15) is 5.10 Å². The van der Waals surface area contributed by atoms with Crippen molar-refractivity contribution in [2.24, 2.45) is 5.92 Å². The summed E-state index contributed by atoms with van der Waals surface area (Å²) >= 11 is 0. The summed E-state index contributed by atoms with van der Waals surface area (Å²) in [7, 11) is 0. The fourth-order valence-corrected chi connectivity index (χ4v) is 4.31. The van der Waals surface area contributed by atoms with Gasteiger partial charge in [0, 0.05) is 37.2 Å². The average molecular weight is 429 g/mol. The van der Waals surface area contributed by atoms with Crippen LogP contribution in [0.15, 0.2) is 36.7 Å². The van der Waals surface area contributed by atoms with Gasteiger partial charge >= 0.3 is 0 Å². The number of aromatic nitrogens is 3. The van der Waals surface area contributed by atoms with E-state index in [-0.39, 0.29) is 30.3 Å². The molecular weight excluding hydrogens is 411 g/mol. The number of hydrogen-bond donors (Lipinski definition) is 1. The molecule has 1 N–H and O–H groups in total. The Bertz CT molecular complexity index is 1180. The highest BCUT2D eigenvalue weighted by atomic mass is 19.3. The quantitative estimate of drug-likeness (QED) is 0.691. The predicted molar refractivity (Wildman–Crippen MR) is 104 cm³/mol. The maximum absolute atomic E-state index is 13.6. The van der Waals surface area contributed by atoms with E-state index in [0.29, 0.717) is 41.7 Å². The predicted octanol–water partition coefficient (Wildman–Crippen LogP) is 2.52. The molecule has 0 unspecified atom stereocenters. The van der Waals surface area contributed by atoms with Crippen LogP contribution in [0.2, 0.25) is 0 Å². The number of nitrogens with zero attached hydrogens (tertiary/aromatic N) is 4. The zero-order valence-corrected chi connectivity index (χ0v) is 16.3. The molecule has 0 spiro atoms. The number of rotatable bonds is 4. The van der Waals surface area contributed by atoms with Gasteiger partial charge in [-0.05, 0) is 23.8 Å². The maximum atomic E-state index is 13.6. The number of benzene rings is 1. The molecule has 0 bridgehead atoms. The van der Waals surface area contributed by atoms with Gasteiger partial charge in [0.15, 0.2) is 0 Å². The fourth-order valence-electron chi connectivity index (χ4n) is 4.31. The van der Waals surface area contributed by atoms with Crippen molar-refractivity contribution in [1.82, 2.24) is 25.0 Å². The Balaban J connectivity index is 1.39. The minimum atomic E-state index is -2.93. The number of hydrogen-bond acceptors (Lipinski definition) is 4. The molecule has 2 fully saturated rings. The van der Waals surface area contributed by atoms with Gasteiger partial charge in [-0.15, -0.1) is 0 Å². The Morgan fingerprint density at radius 1 is 1.19 bits per heavy atom. The summed E-state index contributed by atoms with van der Waals surface area (Å²) in [4.78, 5) is 30.3. The first-order chi connectivity index (χ1) is 14.9. The van der Waals surface area contributed by atoms with Crippen LogP contribution in [0.1, 0.15) is 18.4 Å². The third-order valence-corrected chi connectivity index (χ3v) is 5.93. The SMILES string of the molecule is O=C1C[C@@H]2CN(C(=O)Cn3ncc4ncc(-c5ccc(F)c(C(F)F)c5)cc43)C[C@@H]2N1. The average Bonchev–Trinajstić information content (AvgIpc) is 3.41. The van der Waals surface area contributed by atoms with E-state index < -0.39 is 17.8 Å². The first-order valence-electron chi connectivity index (χ1n) is 9.85. The summed E-state index contributed by atoms with van der Waals surface area (Å²) in [6.07, 6.45) is 0.540. The fraction of sp³-hybridized carbons (Fsp3) is 0.333. The van der Waals surface area contributed by atoms with Crippen molar-refractivity contribution in [3.8, 4) is 11.1 Å². The zero-order chi connectivity index (χ0) is 21.7. The van der Waals surface area contributed by atoms with Crippen LogP contribution in [0.3, 0.4) is 0 Å². The van der Waals surface area contributed by atoms with Gasteiger partial charge in [-0.25, -0.2) is 13.2 Å². The van der Waals surface area contributed by atoms with Crippen LogP contribution in [-0.2, 0) is 16.1 Å². The van der Waals surface area contributed by atoms with Crippen molar-refractivity contribution in [3.63, 3.8) is 0 Å². The first-order valence-corrected chi connectivity index (χ1v) is 9.85. The Hall–Kier alpha value is -3.43. The van der Waals surface area contributed by atoms with E-state index in [1.807, 2.05) is 0 Å². The summed E-state index contributed by atoms with van der Waals surface area (Å²) in [5, 5.41) is 7.13. The molecule has 10 heteroatoms. The van der Waals surface area contributed by atoms with E-state index in [4.69, 9.17) is 0 Å². The number of carbonyl (C=O) groups excluding carboxylic acids is 2. The lowest BCUT2D eigenvalue weighted by atomic mass is 10.0. The smallest absolute Gasteiger partial charge is 0.266 e. The van der Waals surface area contributed by atoms with E-state index in [1.165, 1.54) is 23.1 Å². The molecule has 0 aliphatic carbocycles. The monoisotopic (exact) mass is 429 g/mol. The lowest BCUT2D eigenvalue weighted by Gasteiger charge is -2.17. The summed E-state index contributed by atoms with van der Waals surface area (Å²) in [5.41, 5.74) is 1.36. The lowest BCUT2D eigenvalue weighted by Crippen LogP contribution is -2.37. The van der Waals surface area contributed by atoms with Gasteiger partial charge < -0.3 is 10.2 Å². The summed E-state index contributed by atoms with van der Waals surface area (Å²) in [5.74, 6) is -0.924. The standard InChI is InChI=1S/C21H18F3N5O2/c22-15-2-1-11(3-14(15)21(23)24)12-4-18-16(25-6-12)7-26-29(18)10-20(31)28-8-13-5-19(30)27-17(13)9-28/h1-4,6-7,13,17,21H,5,8-10H2,(H,27,30)/t13-,17+/m1/s1. The van der Waals surface area contributed by atoms with Gasteiger partial charge in [0.2, 0.25) is 11.8 Å². The van der Waals surface area contributed by atoms with Gasteiger partial charge in [-0.3, -0.25) is 19.3 Å². The maximum Gasteiger partial charge on any atom is 0.266 e. The molecule has 0 saturated carbocycles. The van der Waals surface area contributed by atoms with Crippen molar-refractivity contribution in [2.45, 2.75) is 25.4 Å². The Morgan fingerprint density at radius 2 is 2.03 bits per heavy atom. The molecule has 2 aliphatic heterocycles. The van der Waals surface area contributed by atoms with Crippen LogP contribution in [0.5, 0.6) is 0 Å². The summed E-state index contributed by atoms with van der Waals surface area (Å²) in [6, 6.07) is 5.22. The van der Waals surface area contributed by atoms with Crippen LogP contribution < -0.4 is 5.32 Å². The number of carbonyl (C=O) groups is 2. The topological polar surface area (TPSA) is 80.1 Å². The summed E-state index contributed by atoms with van der Waals surface area (Å²) < 4.78 is 41.2. The summed E-state index contributed by atoms with van der Waals surface area (Å²) in [6.45, 7) is 0.995. The number of nitrogens with one attached hydrogen (secondary N) is 1. The number of alkyl halides is 2. The lowest BCUT2D eigenvalue weighted by molar-refractivity contribution is -0.131. The van der Waals surface area contributed by atoms with Gasteiger partial charge in [0.1, 0.15) is 17.9 Å². The second-order valence-electron chi connectivity index (χ2n) is 7.90. The molecule has 2 saturated heterocycles. The van der Waals surface area contributed by atoms with Crippen molar-refractivity contribution in [2.75, 3.05) is 13.1 Å². The molecular formula is C21H18F3N5O2. The first kappa shape index (κ1) is 19.5. The third kappa shape index (κ3) is 3.51. The van der Waals surface area contributed by atoms with Crippen LogP contribution in [-0.4, -0.2) is 50.6 Å². The normalized spacial score (nSPS) is 20.5. The van der Waals surface area contributed by atoms with Crippen LogP contribution >= 0.6 is 0 Å². The number of pyridine rings is 1. The van der Waals surface area contributed by atoms with Crippen molar-refractivity contribution >= 4 is 22.8 Å². The Morgan fingerprint density at radius 3 is 2.81 bits per heavy atom. The van der Waals surface area contributed by atoms with Gasteiger partial charge in [0.05, 0.1) is 23.3 Å². The van der Waals surface area contributed by atoms with Crippen LogP contribution in [0.25, 0.3) is 22.2 Å². The van der Waals surface area contributed by atoms with Crippen molar-refractivity contribution in [3.05, 3.63) is 48.0 Å². The largest absolute Gasteiger partial charge is 0.351 e. The minimum absolute atomic E-state index is 0.00147. The molecule has 2 aromatic heterocycles. The Labute approximate surface area is 174 Å².